The fourth-order valence-electron chi connectivity index (χ4n) is 3.15. The van der Waals surface area contributed by atoms with Crippen molar-refractivity contribution < 1.29 is 63.7 Å². The Hall–Kier alpha value is -2.91. The van der Waals surface area contributed by atoms with Crippen LogP contribution in [-0.4, -0.2) is 77.2 Å². The number of hydrogen-bond acceptors (Lipinski definition) is 5. The summed E-state index contributed by atoms with van der Waals surface area (Å²) in [5.74, 6) is -1.80. The predicted octanol–water partition coefficient (Wildman–Crippen LogP) is 4.69. The highest BCUT2D eigenvalue weighted by Crippen LogP contribution is 2.36. The first-order valence-corrected chi connectivity index (χ1v) is 10.1. The number of piperazine rings is 1. The van der Waals surface area contributed by atoms with Crippen LogP contribution in [0.1, 0.15) is 25.0 Å². The summed E-state index contributed by atoms with van der Waals surface area (Å²) in [7, 11) is 0. The lowest BCUT2D eigenvalue weighted by Gasteiger charge is -2.35. The molecule has 1 aromatic carbocycles. The van der Waals surface area contributed by atoms with E-state index in [1.54, 1.807) is 0 Å². The minimum absolute atomic E-state index is 0.0475. The largest absolute Gasteiger partial charge is 0.478 e. The molecule has 1 amide bonds. The molecule has 0 saturated carbocycles. The van der Waals surface area contributed by atoms with Crippen molar-refractivity contribution in [2.24, 2.45) is 0 Å². The molecule has 7 nitrogen and oxygen atoms in total. The first-order valence-electron chi connectivity index (χ1n) is 10.1. The molecule has 1 aromatic rings. The Morgan fingerprint density at radius 2 is 1.44 bits per heavy atom. The number of amides is 1. The highest BCUT2D eigenvalue weighted by atomic mass is 19.4. The lowest BCUT2D eigenvalue weighted by atomic mass is 10.1. The molecule has 0 radical (unpaired) electrons. The van der Waals surface area contributed by atoms with Crippen molar-refractivity contribution >= 4 is 12.1 Å². The van der Waals surface area contributed by atoms with Crippen molar-refractivity contribution in [1.82, 2.24) is 9.80 Å². The molecule has 36 heavy (non-hydrogen) atoms. The van der Waals surface area contributed by atoms with Gasteiger partial charge in [0.1, 0.15) is 5.75 Å². The van der Waals surface area contributed by atoms with Crippen LogP contribution in [0.15, 0.2) is 18.2 Å². The van der Waals surface area contributed by atoms with Gasteiger partial charge in [-0.15, -0.1) is 0 Å². The number of alkyl halides is 9. The lowest BCUT2D eigenvalue weighted by molar-refractivity contribution is -0.308. The second kappa shape index (κ2) is 10.2. The number of carbonyl (C=O) groups excluding carboxylic acids is 1. The fraction of sp³-hybridized carbons (Fsp3) is 0.600. The number of ether oxygens (including phenoxy) is 2. The van der Waals surface area contributed by atoms with Crippen molar-refractivity contribution in [2.75, 3.05) is 26.2 Å². The topological polar surface area (TPSA) is 79.3 Å². The molecule has 1 fully saturated rings. The van der Waals surface area contributed by atoms with Gasteiger partial charge in [-0.1, -0.05) is 0 Å². The van der Waals surface area contributed by atoms with Crippen LogP contribution >= 0.6 is 0 Å². The van der Waals surface area contributed by atoms with Gasteiger partial charge in [-0.3, -0.25) is 4.90 Å². The van der Waals surface area contributed by atoms with Crippen LogP contribution in [0.2, 0.25) is 0 Å². The summed E-state index contributed by atoms with van der Waals surface area (Å²) in [6, 6.07) is 2.59. The summed E-state index contributed by atoms with van der Waals surface area (Å²) < 4.78 is 124. The molecular formula is C20H21F9N2O5. The maximum Gasteiger partial charge on any atom is 0.434 e. The molecule has 1 saturated heterocycles. The number of halogens is 9. The number of carbonyl (C=O) groups is 2. The van der Waals surface area contributed by atoms with E-state index in [-0.39, 0.29) is 44.0 Å². The zero-order valence-corrected chi connectivity index (χ0v) is 18.7. The smallest absolute Gasteiger partial charge is 0.434 e. The quantitative estimate of drug-likeness (QED) is 0.528. The van der Waals surface area contributed by atoms with E-state index < -0.39 is 47.9 Å². The Balaban J connectivity index is 2.10. The molecule has 0 unspecified atom stereocenters. The lowest BCUT2D eigenvalue weighted by Crippen LogP contribution is -2.52. The zero-order chi connectivity index (χ0) is 27.7. The normalized spacial score (nSPS) is 16.3. The number of rotatable bonds is 6. The first-order chi connectivity index (χ1) is 16.2. The standard InChI is InChI=1S/C20H21F9N2O5/c1-17(2,15(32)33)36-13-8-11(7-12(9-13)18(21,22)23)10-30-3-5-31(6-4-30)16(34)35-14(19(24,25)26)20(27,28)29/h7-9,14H,3-6,10H2,1-2H3,(H,32,33). The van der Waals surface area contributed by atoms with Gasteiger partial charge in [-0.25, -0.2) is 9.59 Å². The van der Waals surface area contributed by atoms with E-state index >= 15 is 0 Å². The second-order valence-corrected chi connectivity index (χ2v) is 8.39. The molecule has 16 heteroatoms. The molecule has 1 heterocycles. The van der Waals surface area contributed by atoms with Gasteiger partial charge in [0, 0.05) is 32.7 Å². The minimum atomic E-state index is -5.87. The van der Waals surface area contributed by atoms with Crippen LogP contribution in [0.4, 0.5) is 44.3 Å². The molecule has 1 N–H and O–H groups in total. The van der Waals surface area contributed by atoms with E-state index in [4.69, 9.17) is 9.84 Å². The third-order valence-electron chi connectivity index (χ3n) is 5.03. The van der Waals surface area contributed by atoms with Gasteiger partial charge in [0.15, 0.2) is 5.60 Å². The highest BCUT2D eigenvalue weighted by Gasteiger charge is 2.60. The minimum Gasteiger partial charge on any atom is -0.478 e. The molecule has 0 spiro atoms. The van der Waals surface area contributed by atoms with Crippen LogP contribution in [0.25, 0.3) is 0 Å². The first kappa shape index (κ1) is 29.3. The molecule has 0 bridgehead atoms. The number of benzene rings is 1. The van der Waals surface area contributed by atoms with Gasteiger partial charge in [0.2, 0.25) is 0 Å². The maximum atomic E-state index is 13.3. The SMILES string of the molecule is CC(C)(Oc1cc(CN2CCN(C(=O)OC(C(F)(F)F)C(F)(F)F)CC2)cc(C(F)(F)F)c1)C(=O)O. The van der Waals surface area contributed by atoms with Crippen molar-refractivity contribution in [3.8, 4) is 5.75 Å². The van der Waals surface area contributed by atoms with E-state index in [0.717, 1.165) is 19.9 Å². The van der Waals surface area contributed by atoms with E-state index in [1.807, 2.05) is 0 Å². The molecule has 1 aliphatic heterocycles. The van der Waals surface area contributed by atoms with Crippen LogP contribution in [0.5, 0.6) is 5.75 Å². The molecule has 0 aliphatic carbocycles. The summed E-state index contributed by atoms with van der Waals surface area (Å²) in [5.41, 5.74) is -2.92. The number of nitrogens with zero attached hydrogens (tertiary/aromatic N) is 2. The third-order valence-corrected chi connectivity index (χ3v) is 5.03. The van der Waals surface area contributed by atoms with Crippen molar-refractivity contribution in [1.29, 1.82) is 0 Å². The van der Waals surface area contributed by atoms with Gasteiger partial charge in [-0.05, 0) is 37.6 Å². The van der Waals surface area contributed by atoms with Crippen LogP contribution in [0, 0.1) is 0 Å². The zero-order valence-electron chi connectivity index (χ0n) is 18.7. The maximum absolute atomic E-state index is 13.3. The van der Waals surface area contributed by atoms with E-state index in [0.29, 0.717) is 11.0 Å². The summed E-state index contributed by atoms with van der Waals surface area (Å²) in [4.78, 5) is 25.2. The third kappa shape index (κ3) is 7.80. The number of carboxylic acid groups (broad SMARTS) is 1. The Kier molecular flexibility index (Phi) is 8.32. The summed E-state index contributed by atoms with van der Waals surface area (Å²) in [6.07, 6.45) is -22.7. The van der Waals surface area contributed by atoms with E-state index in [1.165, 1.54) is 11.0 Å². The Labute approximate surface area is 198 Å². The Morgan fingerprint density at radius 3 is 1.89 bits per heavy atom. The molecule has 0 aromatic heterocycles. The average molecular weight is 540 g/mol. The van der Waals surface area contributed by atoms with Gasteiger partial charge in [-0.2, -0.15) is 39.5 Å². The Morgan fingerprint density at radius 1 is 0.917 bits per heavy atom. The molecule has 204 valence electrons. The van der Waals surface area contributed by atoms with Crippen LogP contribution in [-0.2, 0) is 22.3 Å². The molecule has 1 aliphatic rings. The number of aliphatic carboxylic acids is 1. The van der Waals surface area contributed by atoms with Crippen LogP contribution < -0.4 is 4.74 Å². The molecule has 2 rings (SSSR count). The number of carboxylic acids is 1. The summed E-state index contributed by atoms with van der Waals surface area (Å²) >= 11 is 0. The van der Waals surface area contributed by atoms with Crippen LogP contribution in [0.3, 0.4) is 0 Å². The fourth-order valence-corrected chi connectivity index (χ4v) is 3.15. The second-order valence-electron chi connectivity index (χ2n) is 8.39. The summed E-state index contributed by atoms with van der Waals surface area (Å²) in [6.45, 7) is 1.19. The predicted molar refractivity (Wildman–Crippen MR) is 103 cm³/mol. The van der Waals surface area contributed by atoms with Gasteiger partial charge < -0.3 is 19.5 Å². The molecule has 0 atom stereocenters. The highest BCUT2D eigenvalue weighted by molar-refractivity contribution is 5.76. The average Bonchev–Trinajstić information content (AvgIpc) is 2.69. The van der Waals surface area contributed by atoms with E-state index in [9.17, 15) is 49.1 Å². The van der Waals surface area contributed by atoms with Crippen molar-refractivity contribution in [3.05, 3.63) is 29.3 Å². The van der Waals surface area contributed by atoms with Gasteiger partial charge in [0.05, 0.1) is 5.56 Å². The van der Waals surface area contributed by atoms with Crippen molar-refractivity contribution in [3.63, 3.8) is 0 Å². The monoisotopic (exact) mass is 540 g/mol. The Bertz CT molecular complexity index is 938. The van der Waals surface area contributed by atoms with Gasteiger partial charge in [0.25, 0.3) is 6.10 Å². The summed E-state index contributed by atoms with van der Waals surface area (Å²) in [5, 5.41) is 9.15. The van der Waals surface area contributed by atoms with E-state index in [2.05, 4.69) is 4.74 Å². The number of hydrogen-bond donors (Lipinski definition) is 1. The van der Waals surface area contributed by atoms with Gasteiger partial charge >= 0.3 is 30.6 Å². The van der Waals surface area contributed by atoms with Crippen molar-refractivity contribution in [2.45, 2.75) is 50.6 Å². The molecular weight excluding hydrogens is 519 g/mol.